The highest BCUT2D eigenvalue weighted by molar-refractivity contribution is 5.88. The summed E-state index contributed by atoms with van der Waals surface area (Å²) >= 11 is 0. The first-order valence-electron chi connectivity index (χ1n) is 5.33. The molecule has 2 aromatic rings. The molecule has 17 heavy (non-hydrogen) atoms. The number of ether oxygens (including phenoxy) is 1. The van der Waals surface area contributed by atoms with Crippen molar-refractivity contribution in [2.45, 2.75) is 26.4 Å². The van der Waals surface area contributed by atoms with E-state index < -0.39 is 11.6 Å². The summed E-state index contributed by atoms with van der Waals surface area (Å²) in [5, 5.41) is 0. The first-order chi connectivity index (χ1) is 7.85. The van der Waals surface area contributed by atoms with Crippen LogP contribution in [0.25, 0.3) is 5.65 Å². The molecule has 0 fully saturated rings. The number of carbonyl (C=O) groups is 1. The molecule has 0 saturated carbocycles. The molecule has 0 saturated heterocycles. The van der Waals surface area contributed by atoms with E-state index in [0.29, 0.717) is 11.3 Å². The fraction of sp³-hybridized carbons (Fsp3) is 0.333. The molecule has 2 heterocycles. The van der Waals surface area contributed by atoms with Gasteiger partial charge in [-0.15, -0.1) is 0 Å². The average molecular weight is 233 g/mol. The Labute approximate surface area is 99.2 Å². The number of carbonyl (C=O) groups excluding carboxylic acids is 1. The Morgan fingerprint density at radius 3 is 2.71 bits per heavy atom. The van der Waals surface area contributed by atoms with Crippen molar-refractivity contribution in [3.05, 3.63) is 30.2 Å². The van der Waals surface area contributed by atoms with Gasteiger partial charge in [0.05, 0.1) is 0 Å². The van der Waals surface area contributed by atoms with Gasteiger partial charge < -0.3 is 14.9 Å². The van der Waals surface area contributed by atoms with Crippen molar-refractivity contribution >= 4 is 17.3 Å². The van der Waals surface area contributed by atoms with Gasteiger partial charge in [-0.05, 0) is 32.9 Å². The molecule has 0 aromatic carbocycles. The fourth-order valence-electron chi connectivity index (χ4n) is 1.44. The van der Waals surface area contributed by atoms with E-state index in [1.54, 1.807) is 28.9 Å². The Kier molecular flexibility index (Phi) is 2.53. The van der Waals surface area contributed by atoms with Crippen molar-refractivity contribution in [3.8, 4) is 0 Å². The average Bonchev–Trinajstić information content (AvgIpc) is 2.57. The van der Waals surface area contributed by atoms with E-state index in [4.69, 9.17) is 10.5 Å². The molecule has 0 amide bonds. The smallest absolute Gasteiger partial charge is 0.359 e. The van der Waals surface area contributed by atoms with Crippen LogP contribution in [-0.4, -0.2) is 21.0 Å². The number of imidazole rings is 1. The predicted molar refractivity (Wildman–Crippen MR) is 64.8 cm³/mol. The molecule has 0 aliphatic rings. The molecule has 2 N–H and O–H groups in total. The second kappa shape index (κ2) is 3.76. The van der Waals surface area contributed by atoms with E-state index in [1.165, 1.54) is 0 Å². The highest BCUT2D eigenvalue weighted by atomic mass is 16.6. The van der Waals surface area contributed by atoms with Gasteiger partial charge >= 0.3 is 5.97 Å². The number of pyridine rings is 1. The second-order valence-electron chi connectivity index (χ2n) is 4.86. The lowest BCUT2D eigenvalue weighted by Crippen LogP contribution is -2.24. The number of fused-ring (bicyclic) bond motifs is 1. The minimum absolute atomic E-state index is 0.283. The quantitative estimate of drug-likeness (QED) is 0.763. The molecular weight excluding hydrogens is 218 g/mol. The monoisotopic (exact) mass is 233 g/mol. The standard InChI is InChI=1S/C12H15N3O2/c1-12(2,3)17-11(16)9-7-15-6-8(13)4-5-10(15)14-9/h4-7H,13H2,1-3H3. The maximum atomic E-state index is 11.8. The van der Waals surface area contributed by atoms with Crippen LogP contribution >= 0.6 is 0 Å². The largest absolute Gasteiger partial charge is 0.455 e. The Balaban J connectivity index is 2.33. The van der Waals surface area contributed by atoms with Crippen molar-refractivity contribution in [2.24, 2.45) is 0 Å². The van der Waals surface area contributed by atoms with Crippen LogP contribution in [0, 0.1) is 0 Å². The lowest BCUT2D eigenvalue weighted by atomic mass is 10.2. The van der Waals surface area contributed by atoms with Crippen LogP contribution in [0.15, 0.2) is 24.5 Å². The van der Waals surface area contributed by atoms with Crippen LogP contribution in [0.5, 0.6) is 0 Å². The molecule has 2 aromatic heterocycles. The summed E-state index contributed by atoms with van der Waals surface area (Å²) in [5.41, 5.74) is 6.69. The second-order valence-corrected chi connectivity index (χ2v) is 4.86. The van der Waals surface area contributed by atoms with Gasteiger partial charge in [0.1, 0.15) is 11.2 Å². The van der Waals surface area contributed by atoms with Crippen LogP contribution in [-0.2, 0) is 4.74 Å². The Morgan fingerprint density at radius 2 is 2.06 bits per heavy atom. The van der Waals surface area contributed by atoms with Crippen molar-refractivity contribution in [2.75, 3.05) is 5.73 Å². The number of hydrogen-bond acceptors (Lipinski definition) is 4. The topological polar surface area (TPSA) is 69.6 Å². The summed E-state index contributed by atoms with van der Waals surface area (Å²) in [4.78, 5) is 16.0. The highest BCUT2D eigenvalue weighted by Crippen LogP contribution is 2.13. The van der Waals surface area contributed by atoms with E-state index in [0.717, 1.165) is 0 Å². The van der Waals surface area contributed by atoms with Crippen molar-refractivity contribution in [1.29, 1.82) is 0 Å². The first kappa shape index (κ1) is 11.4. The molecule has 0 aliphatic carbocycles. The number of nitrogens with two attached hydrogens (primary N) is 1. The van der Waals surface area contributed by atoms with Crippen molar-refractivity contribution in [1.82, 2.24) is 9.38 Å². The number of aromatic nitrogens is 2. The third kappa shape index (κ3) is 2.55. The molecule has 0 radical (unpaired) electrons. The molecule has 5 nitrogen and oxygen atoms in total. The van der Waals surface area contributed by atoms with Gasteiger partial charge in [0, 0.05) is 18.1 Å². The molecule has 5 heteroatoms. The summed E-state index contributed by atoms with van der Waals surface area (Å²) in [6.07, 6.45) is 3.32. The number of rotatable bonds is 1. The Morgan fingerprint density at radius 1 is 1.35 bits per heavy atom. The van der Waals surface area contributed by atoms with Gasteiger partial charge in [-0.25, -0.2) is 9.78 Å². The third-order valence-electron chi connectivity index (χ3n) is 2.08. The number of hydrogen-bond donors (Lipinski definition) is 1. The van der Waals surface area contributed by atoms with Crippen molar-refractivity contribution in [3.63, 3.8) is 0 Å². The maximum absolute atomic E-state index is 11.8. The van der Waals surface area contributed by atoms with E-state index >= 15 is 0 Å². The zero-order valence-corrected chi connectivity index (χ0v) is 10.1. The molecule has 0 spiro atoms. The number of nitrogen functional groups attached to an aromatic ring is 1. The lowest BCUT2D eigenvalue weighted by Gasteiger charge is -2.18. The maximum Gasteiger partial charge on any atom is 0.359 e. The van der Waals surface area contributed by atoms with Gasteiger partial charge in [-0.2, -0.15) is 0 Å². The van der Waals surface area contributed by atoms with Gasteiger partial charge in [-0.3, -0.25) is 0 Å². The minimum atomic E-state index is -0.522. The molecular formula is C12H15N3O2. The predicted octanol–water partition coefficient (Wildman–Crippen LogP) is 1.87. The third-order valence-corrected chi connectivity index (χ3v) is 2.08. The molecule has 0 aliphatic heterocycles. The highest BCUT2D eigenvalue weighted by Gasteiger charge is 2.20. The summed E-state index contributed by atoms with van der Waals surface area (Å²) in [5.74, 6) is -0.431. The zero-order chi connectivity index (χ0) is 12.6. The first-order valence-corrected chi connectivity index (χ1v) is 5.33. The lowest BCUT2D eigenvalue weighted by molar-refractivity contribution is 0.00636. The van der Waals surface area contributed by atoms with E-state index in [-0.39, 0.29) is 5.69 Å². The van der Waals surface area contributed by atoms with Crippen molar-refractivity contribution < 1.29 is 9.53 Å². The molecule has 2 rings (SSSR count). The molecule has 0 atom stereocenters. The van der Waals surface area contributed by atoms with E-state index in [2.05, 4.69) is 4.98 Å². The zero-order valence-electron chi connectivity index (χ0n) is 10.1. The summed E-state index contributed by atoms with van der Waals surface area (Å²) in [6.45, 7) is 5.45. The number of nitrogens with zero attached hydrogens (tertiary/aromatic N) is 2. The minimum Gasteiger partial charge on any atom is -0.455 e. The Hall–Kier alpha value is -2.04. The van der Waals surface area contributed by atoms with Crippen LogP contribution in [0.1, 0.15) is 31.3 Å². The molecule has 0 unspecified atom stereocenters. The number of anilines is 1. The van der Waals surface area contributed by atoms with Gasteiger partial charge in [0.15, 0.2) is 5.69 Å². The van der Waals surface area contributed by atoms with Crippen LogP contribution < -0.4 is 5.73 Å². The van der Waals surface area contributed by atoms with Crippen LogP contribution in [0.2, 0.25) is 0 Å². The van der Waals surface area contributed by atoms with Gasteiger partial charge in [-0.1, -0.05) is 0 Å². The van der Waals surface area contributed by atoms with E-state index in [1.807, 2.05) is 20.8 Å². The van der Waals surface area contributed by atoms with Gasteiger partial charge in [0.2, 0.25) is 0 Å². The molecule has 0 bridgehead atoms. The normalized spacial score (nSPS) is 11.7. The van der Waals surface area contributed by atoms with Crippen LogP contribution in [0.4, 0.5) is 5.69 Å². The summed E-state index contributed by atoms with van der Waals surface area (Å²) in [6, 6.07) is 3.49. The number of esters is 1. The SMILES string of the molecule is CC(C)(C)OC(=O)c1cn2cc(N)ccc2n1. The van der Waals surface area contributed by atoms with E-state index in [9.17, 15) is 4.79 Å². The fourth-order valence-corrected chi connectivity index (χ4v) is 1.44. The summed E-state index contributed by atoms with van der Waals surface area (Å²) < 4.78 is 6.94. The van der Waals surface area contributed by atoms with Gasteiger partial charge in [0.25, 0.3) is 0 Å². The summed E-state index contributed by atoms with van der Waals surface area (Å²) in [7, 11) is 0. The Bertz CT molecular complexity index is 567. The molecule has 90 valence electrons. The van der Waals surface area contributed by atoms with Crippen LogP contribution in [0.3, 0.4) is 0 Å².